The SMILES string of the molecule is Cc1ccc([C@@H]2CC(=O)C3=C(C2)Nc2ccccc2N[C@@H]3c2ccc(F)cc2)cc1. The van der Waals surface area contributed by atoms with Gasteiger partial charge in [0.15, 0.2) is 5.78 Å². The first kappa shape index (κ1) is 18.6. The number of allylic oxidation sites excluding steroid dienone is 1. The summed E-state index contributed by atoms with van der Waals surface area (Å²) < 4.78 is 13.5. The van der Waals surface area contributed by atoms with Gasteiger partial charge in [-0.3, -0.25) is 4.79 Å². The summed E-state index contributed by atoms with van der Waals surface area (Å²) >= 11 is 0. The zero-order chi connectivity index (χ0) is 20.7. The Labute approximate surface area is 175 Å². The fourth-order valence-electron chi connectivity index (χ4n) is 4.47. The van der Waals surface area contributed by atoms with Crippen LogP contribution in [0.15, 0.2) is 84.1 Å². The topological polar surface area (TPSA) is 41.1 Å². The quantitative estimate of drug-likeness (QED) is 0.547. The van der Waals surface area contributed by atoms with Gasteiger partial charge >= 0.3 is 0 Å². The van der Waals surface area contributed by atoms with E-state index in [9.17, 15) is 9.18 Å². The molecule has 3 aromatic rings. The van der Waals surface area contributed by atoms with Crippen molar-refractivity contribution in [3.05, 3.63) is 107 Å². The lowest BCUT2D eigenvalue weighted by molar-refractivity contribution is -0.116. The van der Waals surface area contributed by atoms with Gasteiger partial charge in [0.25, 0.3) is 0 Å². The van der Waals surface area contributed by atoms with Gasteiger partial charge in [-0.2, -0.15) is 0 Å². The number of hydrogen-bond donors (Lipinski definition) is 2. The first-order chi connectivity index (χ1) is 14.6. The number of halogens is 1. The summed E-state index contributed by atoms with van der Waals surface area (Å²) in [6.45, 7) is 2.07. The molecule has 150 valence electrons. The average molecular weight is 398 g/mol. The van der Waals surface area contributed by atoms with Crippen LogP contribution in [0.25, 0.3) is 0 Å². The van der Waals surface area contributed by atoms with Crippen LogP contribution in [-0.2, 0) is 4.79 Å². The van der Waals surface area contributed by atoms with Crippen LogP contribution >= 0.6 is 0 Å². The number of aryl methyl sites for hydroxylation is 1. The van der Waals surface area contributed by atoms with Crippen molar-refractivity contribution in [2.24, 2.45) is 0 Å². The van der Waals surface area contributed by atoms with Crippen molar-refractivity contribution in [1.29, 1.82) is 0 Å². The van der Waals surface area contributed by atoms with E-state index in [1.165, 1.54) is 23.3 Å². The summed E-state index contributed by atoms with van der Waals surface area (Å²) in [5.41, 5.74) is 6.86. The Hall–Kier alpha value is -3.40. The van der Waals surface area contributed by atoms with Crippen LogP contribution < -0.4 is 10.6 Å². The van der Waals surface area contributed by atoms with Gasteiger partial charge in [0, 0.05) is 17.7 Å². The van der Waals surface area contributed by atoms with Gasteiger partial charge < -0.3 is 10.6 Å². The number of rotatable bonds is 2. The summed E-state index contributed by atoms with van der Waals surface area (Å²) in [6, 6.07) is 22.5. The third kappa shape index (κ3) is 3.39. The fraction of sp³-hybridized carbons (Fsp3) is 0.192. The number of fused-ring (bicyclic) bond motifs is 1. The minimum absolute atomic E-state index is 0.129. The van der Waals surface area contributed by atoms with Crippen LogP contribution in [0, 0.1) is 12.7 Å². The maximum absolute atomic E-state index is 13.5. The second kappa shape index (κ2) is 7.45. The number of Topliss-reactive ketones (excluding diaryl/α,β-unsaturated/α-hetero) is 1. The molecular weight excluding hydrogens is 375 g/mol. The number of para-hydroxylation sites is 2. The van der Waals surface area contributed by atoms with E-state index in [0.717, 1.165) is 34.6 Å². The summed E-state index contributed by atoms with van der Waals surface area (Å²) in [5.74, 6) is -0.0121. The van der Waals surface area contributed by atoms with E-state index >= 15 is 0 Å². The Morgan fingerprint density at radius 2 is 1.50 bits per heavy atom. The predicted molar refractivity (Wildman–Crippen MR) is 118 cm³/mol. The molecule has 0 unspecified atom stereocenters. The number of benzene rings is 3. The van der Waals surface area contributed by atoms with Crippen molar-refractivity contribution in [3.63, 3.8) is 0 Å². The third-order valence-corrected chi connectivity index (χ3v) is 6.06. The number of hydrogen-bond acceptors (Lipinski definition) is 3. The van der Waals surface area contributed by atoms with E-state index in [0.29, 0.717) is 6.42 Å². The van der Waals surface area contributed by atoms with E-state index in [-0.39, 0.29) is 23.6 Å². The van der Waals surface area contributed by atoms with E-state index < -0.39 is 0 Å². The van der Waals surface area contributed by atoms with Crippen LogP contribution in [0.2, 0.25) is 0 Å². The second-order valence-electron chi connectivity index (χ2n) is 8.13. The maximum Gasteiger partial charge on any atom is 0.163 e. The van der Waals surface area contributed by atoms with Crippen LogP contribution in [0.5, 0.6) is 0 Å². The lowest BCUT2D eigenvalue weighted by Crippen LogP contribution is -2.26. The first-order valence-corrected chi connectivity index (χ1v) is 10.3. The van der Waals surface area contributed by atoms with E-state index in [2.05, 4.69) is 41.8 Å². The highest BCUT2D eigenvalue weighted by Gasteiger charge is 2.35. The minimum atomic E-state index is -0.316. The molecule has 3 nitrogen and oxygen atoms in total. The molecule has 2 atom stereocenters. The van der Waals surface area contributed by atoms with Crippen LogP contribution in [0.3, 0.4) is 0 Å². The van der Waals surface area contributed by atoms with E-state index in [4.69, 9.17) is 0 Å². The fourth-order valence-corrected chi connectivity index (χ4v) is 4.47. The number of carbonyl (C=O) groups is 1. The van der Waals surface area contributed by atoms with Gasteiger partial charge in [0.2, 0.25) is 0 Å². The van der Waals surface area contributed by atoms with Gasteiger partial charge in [-0.25, -0.2) is 4.39 Å². The molecule has 0 bridgehead atoms. The third-order valence-electron chi connectivity index (χ3n) is 6.06. The average Bonchev–Trinajstić information content (AvgIpc) is 2.91. The predicted octanol–water partition coefficient (Wildman–Crippen LogP) is 6.11. The molecule has 2 aliphatic rings. The van der Waals surface area contributed by atoms with Gasteiger partial charge in [-0.1, -0.05) is 54.1 Å². The summed E-state index contributed by atoms with van der Waals surface area (Å²) in [4.78, 5) is 13.4. The molecule has 0 radical (unpaired) electrons. The van der Waals surface area contributed by atoms with Crippen molar-refractivity contribution in [3.8, 4) is 0 Å². The highest BCUT2D eigenvalue weighted by molar-refractivity contribution is 6.01. The van der Waals surface area contributed by atoms with Gasteiger partial charge in [0.05, 0.1) is 17.4 Å². The number of nitrogens with one attached hydrogen (secondary N) is 2. The molecule has 30 heavy (non-hydrogen) atoms. The molecular formula is C26H23FN2O. The molecule has 4 heteroatoms. The Morgan fingerprint density at radius 3 is 2.23 bits per heavy atom. The molecule has 3 aromatic carbocycles. The zero-order valence-electron chi connectivity index (χ0n) is 16.8. The monoisotopic (exact) mass is 398 g/mol. The van der Waals surface area contributed by atoms with Crippen molar-refractivity contribution < 1.29 is 9.18 Å². The second-order valence-corrected chi connectivity index (χ2v) is 8.13. The van der Waals surface area contributed by atoms with Crippen molar-refractivity contribution in [1.82, 2.24) is 0 Å². The Kier molecular flexibility index (Phi) is 4.62. The standard InChI is InChI=1S/C26H23FN2O/c1-16-6-8-17(9-7-16)19-14-23-25(24(30)15-19)26(18-10-12-20(27)13-11-18)29-22-5-3-2-4-21(22)28-23/h2-13,19,26,28-29H,14-15H2,1H3/t19-,26+/m0/s1. The summed E-state index contributed by atoms with van der Waals surface area (Å²) in [6.07, 6.45) is 1.23. The normalized spacial score (nSPS) is 20.5. The first-order valence-electron chi connectivity index (χ1n) is 10.3. The molecule has 5 rings (SSSR count). The number of anilines is 2. The maximum atomic E-state index is 13.5. The lowest BCUT2D eigenvalue weighted by Gasteiger charge is -2.30. The van der Waals surface area contributed by atoms with Crippen LogP contribution in [-0.4, -0.2) is 5.78 Å². The molecule has 1 aliphatic carbocycles. The number of ketones is 1. The van der Waals surface area contributed by atoms with Crippen molar-refractivity contribution in [2.45, 2.75) is 31.7 Å². The molecule has 1 aliphatic heterocycles. The molecule has 0 fully saturated rings. The van der Waals surface area contributed by atoms with Crippen molar-refractivity contribution in [2.75, 3.05) is 10.6 Å². The Morgan fingerprint density at radius 1 is 0.833 bits per heavy atom. The minimum Gasteiger partial charge on any atom is -0.372 e. The molecule has 1 heterocycles. The van der Waals surface area contributed by atoms with Gasteiger partial charge in [0.1, 0.15) is 5.82 Å². The molecule has 0 saturated carbocycles. The van der Waals surface area contributed by atoms with Crippen LogP contribution in [0.1, 0.15) is 41.5 Å². The molecule has 2 N–H and O–H groups in total. The smallest absolute Gasteiger partial charge is 0.163 e. The van der Waals surface area contributed by atoms with E-state index in [1.807, 2.05) is 24.3 Å². The lowest BCUT2D eigenvalue weighted by atomic mass is 9.78. The van der Waals surface area contributed by atoms with Gasteiger partial charge in [-0.05, 0) is 54.7 Å². The Bertz CT molecular complexity index is 1130. The number of carbonyl (C=O) groups excluding carboxylic acids is 1. The molecule has 0 spiro atoms. The summed E-state index contributed by atoms with van der Waals surface area (Å²) in [7, 11) is 0. The van der Waals surface area contributed by atoms with Crippen molar-refractivity contribution >= 4 is 17.2 Å². The van der Waals surface area contributed by atoms with E-state index in [1.54, 1.807) is 12.1 Å². The zero-order valence-corrected chi connectivity index (χ0v) is 16.8. The molecule has 0 aromatic heterocycles. The van der Waals surface area contributed by atoms with Gasteiger partial charge in [-0.15, -0.1) is 0 Å². The Balaban J connectivity index is 1.60. The molecule has 0 amide bonds. The molecule has 0 saturated heterocycles. The largest absolute Gasteiger partial charge is 0.372 e. The van der Waals surface area contributed by atoms with Crippen LogP contribution in [0.4, 0.5) is 15.8 Å². The highest BCUT2D eigenvalue weighted by Crippen LogP contribution is 2.44. The summed E-state index contributed by atoms with van der Waals surface area (Å²) in [5, 5.41) is 7.06. The highest BCUT2D eigenvalue weighted by atomic mass is 19.1.